The van der Waals surface area contributed by atoms with Crippen LogP contribution >= 0.6 is 0 Å². The molecule has 0 saturated heterocycles. The Hall–Kier alpha value is -3.87. The van der Waals surface area contributed by atoms with E-state index in [0.29, 0.717) is 25.5 Å². The Morgan fingerprint density at radius 1 is 1.03 bits per heavy atom. The third-order valence-corrected chi connectivity index (χ3v) is 6.15. The number of hydrogen-bond acceptors (Lipinski definition) is 5. The van der Waals surface area contributed by atoms with Gasteiger partial charge < -0.3 is 20.7 Å². The van der Waals surface area contributed by atoms with Crippen LogP contribution in [-0.2, 0) is 22.6 Å². The molecule has 1 atom stereocenters. The molecule has 0 fully saturated rings. The van der Waals surface area contributed by atoms with Crippen molar-refractivity contribution in [3.05, 3.63) is 96.7 Å². The van der Waals surface area contributed by atoms with Gasteiger partial charge in [-0.1, -0.05) is 44.2 Å². The average Bonchev–Trinajstić information content (AvgIpc) is 2.90. The molecule has 195 valence electrons. The molecule has 0 saturated carbocycles. The molecular formula is C30H37N4O3. The summed E-state index contributed by atoms with van der Waals surface area (Å²) in [5.41, 5.74) is 7.53. The van der Waals surface area contributed by atoms with Gasteiger partial charge in [0.15, 0.2) is 0 Å². The van der Waals surface area contributed by atoms with Crippen molar-refractivity contribution in [2.75, 3.05) is 18.0 Å². The molecule has 0 spiro atoms. The van der Waals surface area contributed by atoms with E-state index in [1.807, 2.05) is 66.7 Å². The van der Waals surface area contributed by atoms with Crippen LogP contribution in [0.25, 0.3) is 0 Å². The van der Waals surface area contributed by atoms with Crippen LogP contribution in [0, 0.1) is 12.3 Å². The molecule has 37 heavy (non-hydrogen) atoms. The lowest BCUT2D eigenvalue weighted by molar-refractivity contribution is -0.129. The average molecular weight is 502 g/mol. The summed E-state index contributed by atoms with van der Waals surface area (Å²) < 4.78 is 5.92. The highest BCUT2D eigenvalue weighted by atomic mass is 16.5. The zero-order chi connectivity index (χ0) is 26.7. The zero-order valence-electron chi connectivity index (χ0n) is 21.9. The fraction of sp³-hybridized carbons (Fsp3) is 0.333. The molecule has 1 radical (unpaired) electrons. The molecule has 0 bridgehead atoms. The molecule has 7 nitrogen and oxygen atoms in total. The molecule has 1 heterocycles. The first-order valence-electron chi connectivity index (χ1n) is 12.6. The summed E-state index contributed by atoms with van der Waals surface area (Å²) in [5, 5.41) is 2.85. The van der Waals surface area contributed by atoms with Gasteiger partial charge in [-0.05, 0) is 73.2 Å². The second kappa shape index (κ2) is 13.4. The van der Waals surface area contributed by atoms with Crippen molar-refractivity contribution in [1.29, 1.82) is 0 Å². The largest absolute Gasteiger partial charge is 0.489 e. The van der Waals surface area contributed by atoms with Crippen molar-refractivity contribution in [1.82, 2.24) is 10.3 Å². The van der Waals surface area contributed by atoms with Crippen LogP contribution in [0.2, 0.25) is 0 Å². The SMILES string of the molecule is CC(C)CCN(CC(C)(NC(=O)[CH]Cc1ccncc1)C(N)=O)c1ccc(OCc2ccccc2)cc1. The molecular weight excluding hydrogens is 464 g/mol. The fourth-order valence-electron chi connectivity index (χ4n) is 3.82. The van der Waals surface area contributed by atoms with E-state index in [2.05, 4.69) is 29.0 Å². The number of hydrogen-bond donors (Lipinski definition) is 2. The topological polar surface area (TPSA) is 97.5 Å². The first-order chi connectivity index (χ1) is 17.7. The number of carbonyl (C=O) groups excluding carboxylic acids is 2. The minimum atomic E-state index is -1.26. The van der Waals surface area contributed by atoms with Gasteiger partial charge in [0, 0.05) is 31.2 Å². The Morgan fingerprint density at radius 2 is 1.70 bits per heavy atom. The van der Waals surface area contributed by atoms with Gasteiger partial charge in [0.1, 0.15) is 17.9 Å². The first-order valence-corrected chi connectivity index (χ1v) is 12.6. The van der Waals surface area contributed by atoms with Crippen LogP contribution in [0.3, 0.4) is 0 Å². The molecule has 1 aromatic heterocycles. The van der Waals surface area contributed by atoms with Crippen LogP contribution in [0.1, 0.15) is 38.3 Å². The number of pyridine rings is 1. The van der Waals surface area contributed by atoms with Crippen LogP contribution in [0.15, 0.2) is 79.1 Å². The zero-order valence-corrected chi connectivity index (χ0v) is 21.9. The number of amides is 2. The predicted molar refractivity (Wildman–Crippen MR) is 147 cm³/mol. The van der Waals surface area contributed by atoms with Crippen LogP contribution < -0.4 is 20.7 Å². The van der Waals surface area contributed by atoms with Gasteiger partial charge in [0.25, 0.3) is 0 Å². The Balaban J connectivity index is 1.68. The van der Waals surface area contributed by atoms with Crippen molar-refractivity contribution in [3.8, 4) is 5.75 Å². The first kappa shape index (κ1) is 27.7. The predicted octanol–water partition coefficient (Wildman–Crippen LogP) is 4.32. The molecule has 3 N–H and O–H groups in total. The summed E-state index contributed by atoms with van der Waals surface area (Å²) in [5.74, 6) is 0.300. The van der Waals surface area contributed by atoms with Crippen LogP contribution in [-0.4, -0.2) is 35.4 Å². The number of ether oxygens (including phenoxy) is 1. The highest BCUT2D eigenvalue weighted by molar-refractivity contribution is 5.93. The molecule has 0 aliphatic heterocycles. The fourth-order valence-corrected chi connectivity index (χ4v) is 3.82. The van der Waals surface area contributed by atoms with E-state index >= 15 is 0 Å². The lowest BCUT2D eigenvalue weighted by Crippen LogP contribution is -2.61. The number of nitrogens with zero attached hydrogens (tertiary/aromatic N) is 2. The number of primary amides is 1. The summed E-state index contributed by atoms with van der Waals surface area (Å²) in [6.45, 7) is 7.42. The number of anilines is 1. The van der Waals surface area contributed by atoms with Crippen molar-refractivity contribution in [2.24, 2.45) is 11.7 Å². The second-order valence-corrected chi connectivity index (χ2v) is 9.82. The molecule has 1 unspecified atom stereocenters. The Labute approximate surface area is 220 Å². The molecule has 3 aromatic rings. The quantitative estimate of drug-likeness (QED) is 0.343. The van der Waals surface area contributed by atoms with E-state index in [-0.39, 0.29) is 12.5 Å². The molecule has 2 aromatic carbocycles. The third-order valence-electron chi connectivity index (χ3n) is 6.15. The van der Waals surface area contributed by atoms with Crippen molar-refractivity contribution in [3.63, 3.8) is 0 Å². The summed E-state index contributed by atoms with van der Waals surface area (Å²) in [6.07, 6.45) is 6.24. The Kier molecular flexibility index (Phi) is 10.1. The lowest BCUT2D eigenvalue weighted by atomic mass is 9.98. The summed E-state index contributed by atoms with van der Waals surface area (Å²) in [7, 11) is 0. The van der Waals surface area contributed by atoms with Gasteiger partial charge in [-0.2, -0.15) is 0 Å². The highest BCUT2D eigenvalue weighted by Gasteiger charge is 2.35. The number of benzene rings is 2. The van der Waals surface area contributed by atoms with Crippen LogP contribution in [0.5, 0.6) is 5.75 Å². The normalized spacial score (nSPS) is 12.5. The van der Waals surface area contributed by atoms with Gasteiger partial charge in [-0.3, -0.25) is 14.6 Å². The summed E-state index contributed by atoms with van der Waals surface area (Å²) in [6, 6.07) is 21.5. The smallest absolute Gasteiger partial charge is 0.244 e. The van der Waals surface area contributed by atoms with E-state index in [4.69, 9.17) is 10.5 Å². The Morgan fingerprint density at radius 3 is 2.32 bits per heavy atom. The third kappa shape index (κ3) is 8.94. The second-order valence-electron chi connectivity index (χ2n) is 9.82. The highest BCUT2D eigenvalue weighted by Crippen LogP contribution is 2.23. The number of carbonyl (C=O) groups is 2. The minimum absolute atomic E-state index is 0.244. The van der Waals surface area contributed by atoms with E-state index in [9.17, 15) is 9.59 Å². The minimum Gasteiger partial charge on any atom is -0.489 e. The van der Waals surface area contributed by atoms with Crippen LogP contribution in [0.4, 0.5) is 5.69 Å². The van der Waals surface area contributed by atoms with E-state index < -0.39 is 11.4 Å². The van der Waals surface area contributed by atoms with Crippen molar-refractivity contribution >= 4 is 17.5 Å². The number of aromatic nitrogens is 1. The van der Waals surface area contributed by atoms with E-state index in [0.717, 1.165) is 29.0 Å². The maximum absolute atomic E-state index is 12.7. The Bertz CT molecular complexity index is 1120. The van der Waals surface area contributed by atoms with E-state index in [1.54, 1.807) is 19.3 Å². The summed E-state index contributed by atoms with van der Waals surface area (Å²) >= 11 is 0. The maximum atomic E-state index is 12.7. The number of nitrogens with two attached hydrogens (primary N) is 1. The monoisotopic (exact) mass is 501 g/mol. The van der Waals surface area contributed by atoms with Gasteiger partial charge in [-0.25, -0.2) is 0 Å². The van der Waals surface area contributed by atoms with Gasteiger partial charge >= 0.3 is 0 Å². The summed E-state index contributed by atoms with van der Waals surface area (Å²) in [4.78, 5) is 31.4. The van der Waals surface area contributed by atoms with Crippen molar-refractivity contribution in [2.45, 2.75) is 45.8 Å². The standard InChI is InChI=1S/C30H37N4O3/c1-23(2)17-20-34(26-10-12-27(13-11-26)37-21-25-7-5-4-6-8-25)22-30(3,29(31)36)33-28(35)14-9-24-15-18-32-19-16-24/h4-8,10-16,18-19,23H,9,17,20-22H2,1-3H3,(H2,31,36)(H,33,35). The number of nitrogens with one attached hydrogen (secondary N) is 1. The molecule has 0 aliphatic carbocycles. The van der Waals surface area contributed by atoms with Crippen molar-refractivity contribution < 1.29 is 14.3 Å². The van der Waals surface area contributed by atoms with E-state index in [1.165, 1.54) is 6.42 Å². The maximum Gasteiger partial charge on any atom is 0.244 e. The molecule has 7 heteroatoms. The van der Waals surface area contributed by atoms with Gasteiger partial charge in [0.2, 0.25) is 11.8 Å². The number of rotatable bonds is 14. The molecule has 3 rings (SSSR count). The van der Waals surface area contributed by atoms with Gasteiger partial charge in [0.05, 0.1) is 6.42 Å². The van der Waals surface area contributed by atoms with Gasteiger partial charge in [-0.15, -0.1) is 0 Å². The molecule has 2 amide bonds. The molecule has 0 aliphatic rings. The lowest BCUT2D eigenvalue weighted by Gasteiger charge is -2.35.